The second-order valence-corrected chi connectivity index (χ2v) is 5.85. The van der Waals surface area contributed by atoms with Crippen molar-refractivity contribution in [3.63, 3.8) is 0 Å². The number of allylic oxidation sites excluding steroid dienone is 2. The number of carbonyl (C=O) groups is 3. The van der Waals surface area contributed by atoms with Crippen LogP contribution in [0, 0.1) is 23.7 Å². The van der Waals surface area contributed by atoms with Crippen LogP contribution < -0.4 is 10.0 Å². The zero-order chi connectivity index (χ0) is 14.7. The van der Waals surface area contributed by atoms with Crippen LogP contribution in [0.2, 0.25) is 0 Å². The molecule has 5 heteroatoms. The van der Waals surface area contributed by atoms with Crippen LogP contribution in [0.3, 0.4) is 0 Å². The average molecular weight is 282 g/mol. The topological polar surface area (TPSA) is 77.5 Å². The summed E-state index contributed by atoms with van der Waals surface area (Å²) in [6, 6.07) is 5.80. The third-order valence-corrected chi connectivity index (χ3v) is 4.81. The van der Waals surface area contributed by atoms with E-state index in [4.69, 9.17) is 0 Å². The highest BCUT2D eigenvalue weighted by molar-refractivity contribution is 6.23. The minimum atomic E-state index is -1.32. The Balaban J connectivity index is 1.74. The Kier molecular flexibility index (Phi) is 2.37. The first-order chi connectivity index (χ1) is 10.1. The van der Waals surface area contributed by atoms with Gasteiger partial charge in [0.15, 0.2) is 0 Å². The van der Waals surface area contributed by atoms with Gasteiger partial charge >= 0.3 is 0 Å². The Morgan fingerprint density at radius 2 is 1.71 bits per heavy atom. The number of nitrogens with zero attached hydrogens (tertiary/aromatic N) is 1. The van der Waals surface area contributed by atoms with Crippen molar-refractivity contribution in [2.45, 2.75) is 6.42 Å². The van der Waals surface area contributed by atoms with Crippen LogP contribution in [0.15, 0.2) is 36.4 Å². The number of benzene rings is 1. The lowest BCUT2D eigenvalue weighted by molar-refractivity contribution is -0.255. The van der Waals surface area contributed by atoms with Gasteiger partial charge in [0.1, 0.15) is 0 Å². The molecule has 1 heterocycles. The zero-order valence-electron chi connectivity index (χ0n) is 11.1. The quantitative estimate of drug-likeness (QED) is 0.579. The summed E-state index contributed by atoms with van der Waals surface area (Å²) in [5.74, 6) is -2.01. The summed E-state index contributed by atoms with van der Waals surface area (Å²) in [6.45, 7) is 0. The highest BCUT2D eigenvalue weighted by Gasteiger charge is 2.59. The van der Waals surface area contributed by atoms with E-state index in [0.29, 0.717) is 5.69 Å². The number of hydrogen-bond acceptors (Lipinski definition) is 4. The van der Waals surface area contributed by atoms with E-state index in [1.165, 1.54) is 18.2 Å². The van der Waals surface area contributed by atoms with Crippen LogP contribution >= 0.6 is 0 Å². The molecule has 0 unspecified atom stereocenters. The van der Waals surface area contributed by atoms with E-state index >= 15 is 0 Å². The van der Waals surface area contributed by atoms with Crippen LogP contribution in [-0.2, 0) is 9.59 Å². The number of amides is 2. The monoisotopic (exact) mass is 282 g/mol. The van der Waals surface area contributed by atoms with Crippen molar-refractivity contribution < 1.29 is 19.5 Å². The number of imide groups is 1. The van der Waals surface area contributed by atoms with Gasteiger partial charge in [0.05, 0.1) is 23.5 Å². The molecule has 21 heavy (non-hydrogen) atoms. The molecular weight excluding hydrogens is 270 g/mol. The van der Waals surface area contributed by atoms with Gasteiger partial charge in [-0.3, -0.25) is 9.59 Å². The number of anilines is 1. The van der Waals surface area contributed by atoms with Gasteiger partial charge in [0, 0.05) is 0 Å². The fourth-order valence-corrected chi connectivity index (χ4v) is 3.93. The maximum absolute atomic E-state index is 12.6. The lowest BCUT2D eigenvalue weighted by Gasteiger charge is -2.18. The fraction of sp³-hybridized carbons (Fsp3) is 0.312. The van der Waals surface area contributed by atoms with Crippen molar-refractivity contribution in [1.29, 1.82) is 0 Å². The molecule has 1 aromatic carbocycles. The minimum Gasteiger partial charge on any atom is -0.545 e. The van der Waals surface area contributed by atoms with Crippen LogP contribution in [-0.4, -0.2) is 17.8 Å². The molecular formula is C16H12NO4-. The number of rotatable bonds is 2. The van der Waals surface area contributed by atoms with Gasteiger partial charge in [0.2, 0.25) is 11.8 Å². The van der Waals surface area contributed by atoms with E-state index in [0.717, 1.165) is 11.3 Å². The lowest BCUT2D eigenvalue weighted by Crippen LogP contribution is -2.33. The Bertz CT molecular complexity index is 678. The van der Waals surface area contributed by atoms with E-state index in [2.05, 4.69) is 0 Å². The summed E-state index contributed by atoms with van der Waals surface area (Å²) in [4.78, 5) is 37.2. The molecule has 0 N–H and O–H groups in total. The molecule has 4 atom stereocenters. The first-order valence-corrected chi connectivity index (χ1v) is 6.95. The Labute approximate surface area is 120 Å². The number of carbonyl (C=O) groups excluding carboxylic acids is 3. The van der Waals surface area contributed by atoms with Gasteiger partial charge in [-0.15, -0.1) is 0 Å². The van der Waals surface area contributed by atoms with Crippen molar-refractivity contribution in [3.8, 4) is 0 Å². The van der Waals surface area contributed by atoms with E-state index in [1.807, 2.05) is 12.2 Å². The summed E-state index contributed by atoms with van der Waals surface area (Å²) >= 11 is 0. The molecule has 0 spiro atoms. The first kappa shape index (κ1) is 12.3. The van der Waals surface area contributed by atoms with Gasteiger partial charge < -0.3 is 9.90 Å². The van der Waals surface area contributed by atoms with Crippen LogP contribution in [0.1, 0.15) is 16.8 Å². The van der Waals surface area contributed by atoms with Crippen LogP contribution in [0.25, 0.3) is 0 Å². The van der Waals surface area contributed by atoms with E-state index < -0.39 is 5.97 Å². The van der Waals surface area contributed by atoms with Gasteiger partial charge in [0.25, 0.3) is 0 Å². The lowest BCUT2D eigenvalue weighted by atomic mass is 9.85. The molecule has 5 nitrogen and oxygen atoms in total. The van der Waals surface area contributed by atoms with Crippen molar-refractivity contribution >= 4 is 23.5 Å². The van der Waals surface area contributed by atoms with Gasteiger partial charge in [-0.2, -0.15) is 0 Å². The molecule has 3 aliphatic rings. The fourth-order valence-electron chi connectivity index (χ4n) is 3.93. The molecule has 106 valence electrons. The average Bonchev–Trinajstić information content (AvgIpc) is 3.13. The molecule has 0 radical (unpaired) electrons. The second-order valence-electron chi connectivity index (χ2n) is 5.85. The minimum absolute atomic E-state index is 0.0359. The third kappa shape index (κ3) is 1.54. The normalized spacial score (nSPS) is 32.9. The van der Waals surface area contributed by atoms with Crippen molar-refractivity contribution in [2.75, 3.05) is 4.90 Å². The largest absolute Gasteiger partial charge is 0.545 e. The highest BCUT2D eigenvalue weighted by atomic mass is 16.4. The summed E-state index contributed by atoms with van der Waals surface area (Å²) in [7, 11) is 0. The van der Waals surface area contributed by atoms with Crippen LogP contribution in [0.4, 0.5) is 5.69 Å². The predicted octanol–water partition coefficient (Wildman–Crippen LogP) is 0.362. The molecule has 2 bridgehead atoms. The van der Waals surface area contributed by atoms with Gasteiger partial charge in [-0.1, -0.05) is 24.3 Å². The van der Waals surface area contributed by atoms with Crippen molar-refractivity contribution in [2.24, 2.45) is 23.7 Å². The Morgan fingerprint density at radius 3 is 2.29 bits per heavy atom. The maximum Gasteiger partial charge on any atom is 0.238 e. The van der Waals surface area contributed by atoms with E-state index in [1.54, 1.807) is 6.07 Å². The molecule has 1 saturated heterocycles. The SMILES string of the molecule is O=C([O-])c1cccc(N2C(=O)[C@@H]3[C@H](C2=O)[C@@H]2C=C[C@H]3C2)c1. The first-order valence-electron chi connectivity index (χ1n) is 6.95. The Morgan fingerprint density at radius 1 is 1.10 bits per heavy atom. The summed E-state index contributed by atoms with van der Waals surface area (Å²) in [5.41, 5.74) is 0.284. The zero-order valence-corrected chi connectivity index (χ0v) is 11.1. The van der Waals surface area contributed by atoms with E-state index in [9.17, 15) is 19.5 Å². The van der Waals surface area contributed by atoms with E-state index in [-0.39, 0.29) is 41.0 Å². The highest BCUT2D eigenvalue weighted by Crippen LogP contribution is 2.53. The summed E-state index contributed by atoms with van der Waals surface area (Å²) in [5, 5.41) is 10.9. The smallest absolute Gasteiger partial charge is 0.238 e. The van der Waals surface area contributed by atoms with Gasteiger partial charge in [-0.25, -0.2) is 4.90 Å². The predicted molar refractivity (Wildman–Crippen MR) is 71.0 cm³/mol. The molecule has 1 saturated carbocycles. The third-order valence-electron chi connectivity index (χ3n) is 4.81. The molecule has 2 aliphatic carbocycles. The molecule has 2 fully saturated rings. The molecule has 1 aromatic rings. The Hall–Kier alpha value is -2.43. The van der Waals surface area contributed by atoms with Gasteiger partial charge in [-0.05, 0) is 36.0 Å². The molecule has 2 amide bonds. The second kappa shape index (κ2) is 4.04. The number of aromatic carboxylic acids is 1. The standard InChI is InChI=1S/C16H13NO4/c18-14-12-8-4-5-9(6-8)13(12)15(19)17(14)11-3-1-2-10(7-11)16(20)21/h1-5,7-9,12-13H,6H2,(H,20,21)/p-1/t8-,9+,12-,13+. The van der Waals surface area contributed by atoms with Crippen molar-refractivity contribution in [3.05, 3.63) is 42.0 Å². The molecule has 0 aromatic heterocycles. The number of carboxylic acids is 1. The summed E-state index contributed by atoms with van der Waals surface area (Å²) in [6.07, 6.45) is 4.93. The molecule has 1 aliphatic heterocycles. The number of carboxylic acid groups (broad SMARTS) is 1. The van der Waals surface area contributed by atoms with Crippen LogP contribution in [0.5, 0.6) is 0 Å². The van der Waals surface area contributed by atoms with Crippen molar-refractivity contribution in [1.82, 2.24) is 0 Å². The molecule has 4 rings (SSSR count). The number of fused-ring (bicyclic) bond motifs is 5. The summed E-state index contributed by atoms with van der Waals surface area (Å²) < 4.78 is 0. The maximum atomic E-state index is 12.6. The number of hydrogen-bond donors (Lipinski definition) is 0.